The molecule has 2 amide bonds. The fourth-order valence-electron chi connectivity index (χ4n) is 3.77. The second-order valence-electron chi connectivity index (χ2n) is 8.48. The zero-order valence-electron chi connectivity index (χ0n) is 20.2. The number of aliphatic carboxylic acids is 1. The highest BCUT2D eigenvalue weighted by Gasteiger charge is 2.48. The Bertz CT molecular complexity index is 1380. The molecule has 7 nitrogen and oxygen atoms in total. The van der Waals surface area contributed by atoms with E-state index < -0.39 is 65.8 Å². The number of halogens is 9. The van der Waals surface area contributed by atoms with Crippen molar-refractivity contribution >= 4 is 23.6 Å². The van der Waals surface area contributed by atoms with Crippen LogP contribution in [0.1, 0.15) is 16.8 Å². The maximum absolute atomic E-state index is 14.8. The first kappa shape index (κ1) is 31.4. The lowest BCUT2D eigenvalue weighted by atomic mass is 9.80. The van der Waals surface area contributed by atoms with Gasteiger partial charge in [-0.15, -0.1) is 0 Å². The minimum Gasteiger partial charge on any atom is -0.479 e. The molecule has 0 aliphatic rings. The number of carboxylic acids is 1. The number of amides is 2. The van der Waals surface area contributed by atoms with Crippen LogP contribution >= 0.6 is 11.6 Å². The van der Waals surface area contributed by atoms with Gasteiger partial charge in [-0.1, -0.05) is 41.9 Å². The van der Waals surface area contributed by atoms with Gasteiger partial charge in [0, 0.05) is 18.7 Å². The first-order valence-corrected chi connectivity index (χ1v) is 11.6. The average Bonchev–Trinajstić information content (AvgIpc) is 2.86. The molecule has 16 heteroatoms. The summed E-state index contributed by atoms with van der Waals surface area (Å²) in [6.07, 6.45) is -14.2. The number of carbonyl (C=O) groups excluding carboxylic acids is 1. The SMILES string of the molecule is O=C(NC(C(=O)O)C(F)(F)F)NC(Cc1ccccc1)(c1cc(F)cc(OC(F)(F)C(F)F)c1)c1ccc(Cl)cn1. The number of urea groups is 1. The second kappa shape index (κ2) is 12.2. The first-order chi connectivity index (χ1) is 19.0. The van der Waals surface area contributed by atoms with Gasteiger partial charge >= 0.3 is 30.7 Å². The maximum atomic E-state index is 14.8. The first-order valence-electron chi connectivity index (χ1n) is 11.2. The van der Waals surface area contributed by atoms with E-state index in [-0.39, 0.29) is 10.7 Å². The highest BCUT2D eigenvalue weighted by atomic mass is 35.5. The topological polar surface area (TPSA) is 101 Å². The van der Waals surface area contributed by atoms with Gasteiger partial charge in [0.1, 0.15) is 17.1 Å². The second-order valence-corrected chi connectivity index (χ2v) is 8.92. The lowest BCUT2D eigenvalue weighted by molar-refractivity contribution is -0.253. The van der Waals surface area contributed by atoms with Gasteiger partial charge in [-0.05, 0) is 35.4 Å². The van der Waals surface area contributed by atoms with Crippen LogP contribution in [0.2, 0.25) is 5.02 Å². The summed E-state index contributed by atoms with van der Waals surface area (Å²) in [7, 11) is 0. The normalized spacial score (nSPS) is 14.2. The molecule has 41 heavy (non-hydrogen) atoms. The molecule has 2 atom stereocenters. The van der Waals surface area contributed by atoms with Crippen LogP contribution in [0.25, 0.3) is 0 Å². The molecule has 1 aromatic heterocycles. The zero-order valence-corrected chi connectivity index (χ0v) is 21.0. The third kappa shape index (κ3) is 7.74. The van der Waals surface area contributed by atoms with Crippen LogP contribution in [0, 0.1) is 5.82 Å². The standard InChI is InChI=1S/C25H18ClF8N3O4/c26-15-6-7-18(35-12-15)23(11-13-4-2-1-3-5-13,37-22(40)36-19(20(38)39)24(30,31)32)14-8-16(27)10-17(9-14)41-25(33,34)21(28)29/h1-10,12,19,21H,11H2,(H,38,39)(H2,36,37,40). The number of carbonyl (C=O) groups is 2. The van der Waals surface area contributed by atoms with Crippen LogP contribution in [-0.2, 0) is 16.8 Å². The van der Waals surface area contributed by atoms with Crippen molar-refractivity contribution in [1.82, 2.24) is 15.6 Å². The number of benzene rings is 2. The molecule has 3 N–H and O–H groups in total. The highest BCUT2D eigenvalue weighted by Crippen LogP contribution is 2.37. The maximum Gasteiger partial charge on any atom is 0.461 e. The lowest BCUT2D eigenvalue weighted by Gasteiger charge is -2.36. The molecule has 220 valence electrons. The van der Waals surface area contributed by atoms with Crippen molar-refractivity contribution in [3.63, 3.8) is 0 Å². The van der Waals surface area contributed by atoms with E-state index in [2.05, 4.69) is 15.0 Å². The monoisotopic (exact) mass is 611 g/mol. The Hall–Kier alpha value is -4.14. The van der Waals surface area contributed by atoms with E-state index in [4.69, 9.17) is 16.7 Å². The third-order valence-corrected chi connectivity index (χ3v) is 5.75. The van der Waals surface area contributed by atoms with Gasteiger partial charge in [-0.3, -0.25) is 4.98 Å². The quantitative estimate of drug-likeness (QED) is 0.248. The molecule has 0 aliphatic heterocycles. The van der Waals surface area contributed by atoms with Crippen molar-refractivity contribution in [3.05, 3.63) is 94.5 Å². The zero-order chi connectivity index (χ0) is 30.6. The van der Waals surface area contributed by atoms with Crippen LogP contribution in [0.4, 0.5) is 39.9 Å². The van der Waals surface area contributed by atoms with Gasteiger partial charge in [-0.25, -0.2) is 14.0 Å². The lowest BCUT2D eigenvalue weighted by Crippen LogP contribution is -2.58. The number of alkyl halides is 7. The Morgan fingerprint density at radius 2 is 1.66 bits per heavy atom. The molecule has 0 saturated heterocycles. The van der Waals surface area contributed by atoms with Crippen molar-refractivity contribution in [1.29, 1.82) is 0 Å². The van der Waals surface area contributed by atoms with Crippen LogP contribution < -0.4 is 15.4 Å². The summed E-state index contributed by atoms with van der Waals surface area (Å²) >= 11 is 5.89. The molecular formula is C25H18ClF8N3O4. The Morgan fingerprint density at radius 3 is 2.20 bits per heavy atom. The van der Waals surface area contributed by atoms with Gasteiger partial charge in [0.15, 0.2) is 0 Å². The fraction of sp³-hybridized carbons (Fsp3) is 0.240. The van der Waals surface area contributed by atoms with Crippen molar-refractivity contribution in [3.8, 4) is 5.75 Å². The van der Waals surface area contributed by atoms with E-state index in [1.54, 1.807) is 6.07 Å². The number of nitrogens with zero attached hydrogens (tertiary/aromatic N) is 1. The van der Waals surface area contributed by atoms with Gasteiger partial charge in [0.05, 0.1) is 10.7 Å². The van der Waals surface area contributed by atoms with Crippen molar-refractivity contribution in [2.24, 2.45) is 0 Å². The van der Waals surface area contributed by atoms with E-state index in [9.17, 15) is 44.7 Å². The summed E-state index contributed by atoms with van der Waals surface area (Å²) in [4.78, 5) is 28.2. The highest BCUT2D eigenvalue weighted by molar-refractivity contribution is 6.30. The summed E-state index contributed by atoms with van der Waals surface area (Å²) in [5.74, 6) is -4.91. The molecule has 0 radical (unpaired) electrons. The molecule has 3 rings (SSSR count). The third-order valence-electron chi connectivity index (χ3n) is 5.53. The predicted molar refractivity (Wildman–Crippen MR) is 127 cm³/mol. The number of ether oxygens (including phenoxy) is 1. The minimum absolute atomic E-state index is 0.0506. The molecule has 0 saturated carbocycles. The van der Waals surface area contributed by atoms with Crippen LogP contribution in [-0.4, -0.2) is 46.8 Å². The van der Waals surface area contributed by atoms with Crippen LogP contribution in [0.3, 0.4) is 0 Å². The molecular weight excluding hydrogens is 594 g/mol. The number of aromatic nitrogens is 1. The molecule has 0 spiro atoms. The van der Waals surface area contributed by atoms with Crippen LogP contribution in [0.15, 0.2) is 66.9 Å². The van der Waals surface area contributed by atoms with E-state index in [0.717, 1.165) is 6.20 Å². The summed E-state index contributed by atoms with van der Waals surface area (Å²) in [5.41, 5.74) is -2.65. The Kier molecular flexibility index (Phi) is 9.31. The van der Waals surface area contributed by atoms with E-state index in [0.29, 0.717) is 23.8 Å². The Labute approximate surface area is 231 Å². The van der Waals surface area contributed by atoms with Crippen molar-refractivity contribution in [2.45, 2.75) is 36.7 Å². The molecule has 2 unspecified atom stereocenters. The van der Waals surface area contributed by atoms with E-state index in [1.807, 2.05) is 0 Å². The number of carboxylic acid groups (broad SMARTS) is 1. The van der Waals surface area contributed by atoms with Crippen molar-refractivity contribution in [2.75, 3.05) is 0 Å². The van der Waals surface area contributed by atoms with Gasteiger partial charge in [0.2, 0.25) is 6.04 Å². The Balaban J connectivity index is 2.25. The van der Waals surface area contributed by atoms with Crippen molar-refractivity contribution < 1.29 is 54.6 Å². The molecule has 0 fully saturated rings. The largest absolute Gasteiger partial charge is 0.479 e. The average molecular weight is 612 g/mol. The Morgan fingerprint density at radius 1 is 1.00 bits per heavy atom. The van der Waals surface area contributed by atoms with Gasteiger partial charge in [0.25, 0.3) is 0 Å². The van der Waals surface area contributed by atoms with Crippen LogP contribution in [0.5, 0.6) is 5.75 Å². The predicted octanol–water partition coefficient (Wildman–Crippen LogP) is 5.91. The fourth-order valence-corrected chi connectivity index (χ4v) is 3.88. The number of nitrogens with one attached hydrogen (secondary N) is 2. The molecule has 0 aliphatic carbocycles. The minimum atomic E-state index is -5.44. The number of rotatable bonds is 10. The molecule has 1 heterocycles. The van der Waals surface area contributed by atoms with Gasteiger partial charge < -0.3 is 20.5 Å². The number of hydrogen-bond donors (Lipinski definition) is 3. The molecule has 0 bridgehead atoms. The summed E-state index contributed by atoms with van der Waals surface area (Å²) < 4.78 is 112. The number of pyridine rings is 1. The summed E-state index contributed by atoms with van der Waals surface area (Å²) in [6.45, 7) is 0. The smallest absolute Gasteiger partial charge is 0.461 e. The van der Waals surface area contributed by atoms with E-state index in [1.165, 1.54) is 41.7 Å². The summed E-state index contributed by atoms with van der Waals surface area (Å²) in [5, 5.41) is 12.5. The molecule has 3 aromatic rings. The number of hydrogen-bond acceptors (Lipinski definition) is 4. The summed E-state index contributed by atoms with van der Waals surface area (Å²) in [6, 6.07) is 6.57. The van der Waals surface area contributed by atoms with E-state index >= 15 is 0 Å². The van der Waals surface area contributed by atoms with Gasteiger partial charge in [-0.2, -0.15) is 30.7 Å². The molecule has 2 aromatic carbocycles.